The first-order chi connectivity index (χ1) is 21.5. The van der Waals surface area contributed by atoms with Crippen LogP contribution in [0.3, 0.4) is 0 Å². The zero-order valence-electron chi connectivity index (χ0n) is 22.9. The average Bonchev–Trinajstić information content (AvgIpc) is 3.87. The van der Waals surface area contributed by atoms with Crippen molar-refractivity contribution < 1.29 is 0 Å². The van der Waals surface area contributed by atoms with E-state index in [2.05, 4.69) is 34.0 Å². The van der Waals surface area contributed by atoms with E-state index >= 15 is 0 Å². The Morgan fingerprint density at radius 1 is 0.659 bits per heavy atom. The smallest absolute Gasteiger partial charge is 0.227 e. The first-order valence-corrected chi connectivity index (χ1v) is 18.8. The standard InChI is InChI=1S/C34H18N4S6/c1-37-18(16-35)12-20-6-8-22(39-20)24-14-26-30(41-24)28-32(43-26)33-29(34(28)10-4-3-5-11-34)31-27(44-33)15-25(42-31)23-9-7-21(40-23)13-19(17-36)38-2/h6-9,12-15H,3-5,10-11H2/b18-12-,19-13+. The van der Waals surface area contributed by atoms with Gasteiger partial charge in [-0.3, -0.25) is 0 Å². The Morgan fingerprint density at radius 3 is 1.57 bits per heavy atom. The van der Waals surface area contributed by atoms with Crippen LogP contribution in [-0.2, 0) is 5.41 Å². The maximum Gasteiger partial charge on any atom is 0.263 e. The van der Waals surface area contributed by atoms with E-state index in [1.165, 1.54) is 80.2 Å². The van der Waals surface area contributed by atoms with Crippen LogP contribution in [0, 0.1) is 35.8 Å². The second kappa shape index (κ2) is 10.7. The van der Waals surface area contributed by atoms with Crippen LogP contribution >= 0.6 is 68.0 Å². The summed E-state index contributed by atoms with van der Waals surface area (Å²) in [5.74, 6) is 0. The average molecular weight is 675 g/mol. The minimum atomic E-state index is 0.0605. The molecule has 0 N–H and O–H groups in total. The van der Waals surface area contributed by atoms with Crippen molar-refractivity contribution in [3.05, 3.63) is 91.5 Å². The van der Waals surface area contributed by atoms with Gasteiger partial charge in [-0.2, -0.15) is 0 Å². The number of nitrogens with zero attached hydrogens (tertiary/aromatic N) is 4. The minimum absolute atomic E-state index is 0.0605. The molecule has 210 valence electrons. The van der Waals surface area contributed by atoms with E-state index in [0.717, 1.165) is 9.75 Å². The first kappa shape index (κ1) is 27.7. The molecular weight excluding hydrogens is 657 g/mol. The third-order valence-corrected chi connectivity index (χ3v) is 15.8. The van der Waals surface area contributed by atoms with Gasteiger partial charge in [0.2, 0.25) is 0 Å². The molecule has 10 heteroatoms. The van der Waals surface area contributed by atoms with Crippen molar-refractivity contribution in [2.24, 2.45) is 0 Å². The highest BCUT2D eigenvalue weighted by Gasteiger charge is 2.49. The maximum atomic E-state index is 9.18. The molecule has 1 fully saturated rings. The van der Waals surface area contributed by atoms with Gasteiger partial charge >= 0.3 is 0 Å². The van der Waals surface area contributed by atoms with Gasteiger partial charge in [-0.15, -0.1) is 68.0 Å². The fraction of sp³-hybridized carbons (Fsp3) is 0.176. The molecule has 0 bridgehead atoms. The molecule has 1 spiro atoms. The highest BCUT2D eigenvalue weighted by atomic mass is 32.1. The molecule has 4 nitrogen and oxygen atoms in total. The Hall–Kier alpha value is -3.84. The number of thiophene rings is 6. The van der Waals surface area contributed by atoms with Crippen LogP contribution in [0.5, 0.6) is 0 Å². The molecule has 0 saturated heterocycles. The Kier molecular flexibility index (Phi) is 6.70. The molecule has 6 aromatic heterocycles. The fourth-order valence-corrected chi connectivity index (χ4v) is 14.4. The lowest BCUT2D eigenvalue weighted by molar-refractivity contribution is 0.358. The molecule has 8 rings (SSSR count). The monoisotopic (exact) mass is 674 g/mol. The minimum Gasteiger partial charge on any atom is -0.227 e. The molecule has 2 aliphatic rings. The SMILES string of the molecule is [C-]#[N+]/C(C#N)=C\c1ccc(-c2cc3sc4c(c3s2)C2(CCCCC2)c2c-4sc3cc(-c4ccc(/C=C(\C#N)[N+]#[C-])s4)sc23)s1. The van der Waals surface area contributed by atoms with Crippen molar-refractivity contribution in [1.29, 1.82) is 10.5 Å². The second-order valence-corrected chi connectivity index (χ2v) is 17.2. The molecule has 0 amide bonds. The number of nitriles is 2. The van der Waals surface area contributed by atoms with Crippen LogP contribution in [0.4, 0.5) is 0 Å². The fourth-order valence-electron chi connectivity index (χ4n) is 6.56. The number of allylic oxidation sites excluding steroid dienone is 2. The number of fused-ring (bicyclic) bond motifs is 9. The molecule has 6 heterocycles. The van der Waals surface area contributed by atoms with E-state index in [0.29, 0.717) is 0 Å². The van der Waals surface area contributed by atoms with Gasteiger partial charge in [0.05, 0.1) is 44.4 Å². The highest BCUT2D eigenvalue weighted by Crippen LogP contribution is 2.66. The van der Waals surface area contributed by atoms with Crippen LogP contribution in [0.25, 0.3) is 69.9 Å². The summed E-state index contributed by atoms with van der Waals surface area (Å²) < 4.78 is 5.59. The van der Waals surface area contributed by atoms with Gasteiger partial charge in [-0.1, -0.05) is 19.3 Å². The van der Waals surface area contributed by atoms with E-state index in [9.17, 15) is 10.5 Å². The van der Waals surface area contributed by atoms with Crippen molar-refractivity contribution in [3.8, 4) is 41.4 Å². The summed E-state index contributed by atoms with van der Waals surface area (Å²) in [7, 11) is 0. The summed E-state index contributed by atoms with van der Waals surface area (Å²) in [4.78, 5) is 16.3. The predicted octanol–water partition coefficient (Wildman–Crippen LogP) is 12.5. The van der Waals surface area contributed by atoms with Crippen LogP contribution in [0.15, 0.2) is 47.8 Å². The lowest BCUT2D eigenvalue weighted by Gasteiger charge is -2.35. The van der Waals surface area contributed by atoms with Crippen molar-refractivity contribution in [3.63, 3.8) is 0 Å². The van der Waals surface area contributed by atoms with Crippen molar-refractivity contribution in [2.75, 3.05) is 0 Å². The Balaban J connectivity index is 1.22. The number of hydrogen-bond acceptors (Lipinski definition) is 8. The topological polar surface area (TPSA) is 56.3 Å². The maximum absolute atomic E-state index is 9.18. The Morgan fingerprint density at radius 2 is 1.14 bits per heavy atom. The van der Waals surface area contributed by atoms with Gasteiger partial charge in [0.25, 0.3) is 11.4 Å². The zero-order chi connectivity index (χ0) is 30.0. The van der Waals surface area contributed by atoms with Crippen molar-refractivity contribution in [1.82, 2.24) is 0 Å². The first-order valence-electron chi connectivity index (χ1n) is 13.9. The molecular formula is C34H18N4S6. The largest absolute Gasteiger partial charge is 0.263 e. The lowest BCUT2D eigenvalue weighted by Crippen LogP contribution is -2.27. The van der Waals surface area contributed by atoms with Crippen molar-refractivity contribution >= 4 is 99.0 Å². The van der Waals surface area contributed by atoms with E-state index in [4.69, 9.17) is 13.1 Å². The highest BCUT2D eigenvalue weighted by molar-refractivity contribution is 7.36. The third kappa shape index (κ3) is 4.19. The van der Waals surface area contributed by atoms with Crippen LogP contribution in [0.1, 0.15) is 53.0 Å². The molecule has 44 heavy (non-hydrogen) atoms. The van der Waals surface area contributed by atoms with E-state index in [1.54, 1.807) is 46.0 Å². The van der Waals surface area contributed by atoms with Gasteiger partial charge < -0.3 is 0 Å². The number of hydrogen-bond donors (Lipinski definition) is 0. The summed E-state index contributed by atoms with van der Waals surface area (Å²) in [5.41, 5.74) is 3.41. The second-order valence-electron chi connectivity index (χ2n) is 10.8. The zero-order valence-corrected chi connectivity index (χ0v) is 27.8. The van der Waals surface area contributed by atoms with Gasteiger partial charge in [-0.25, -0.2) is 20.2 Å². The summed E-state index contributed by atoms with van der Waals surface area (Å²) in [6, 6.07) is 16.9. The van der Waals surface area contributed by atoms with Gasteiger partial charge in [0.15, 0.2) is 0 Å². The van der Waals surface area contributed by atoms with E-state index < -0.39 is 0 Å². The molecule has 6 aromatic rings. The van der Waals surface area contributed by atoms with Crippen molar-refractivity contribution in [2.45, 2.75) is 37.5 Å². The quantitative estimate of drug-likeness (QED) is 0.138. The third-order valence-electron chi connectivity index (χ3n) is 8.37. The summed E-state index contributed by atoms with van der Waals surface area (Å²) in [6.45, 7) is 14.4. The molecule has 2 aliphatic carbocycles. The van der Waals surface area contributed by atoms with Crippen LogP contribution in [-0.4, -0.2) is 0 Å². The molecule has 0 unspecified atom stereocenters. The summed E-state index contributed by atoms with van der Waals surface area (Å²) in [6.07, 6.45) is 9.51. The summed E-state index contributed by atoms with van der Waals surface area (Å²) >= 11 is 11.0. The van der Waals surface area contributed by atoms with E-state index in [-0.39, 0.29) is 16.8 Å². The molecule has 0 aromatic carbocycles. The normalized spacial score (nSPS) is 15.6. The molecule has 0 radical (unpaired) electrons. The van der Waals surface area contributed by atoms with Crippen LogP contribution < -0.4 is 0 Å². The van der Waals surface area contributed by atoms with Crippen LogP contribution in [0.2, 0.25) is 0 Å². The van der Waals surface area contributed by atoms with Gasteiger partial charge in [0.1, 0.15) is 0 Å². The predicted molar refractivity (Wildman–Crippen MR) is 189 cm³/mol. The molecule has 0 atom stereocenters. The van der Waals surface area contributed by atoms with E-state index in [1.807, 2.05) is 69.6 Å². The molecule has 0 aliphatic heterocycles. The Bertz CT molecular complexity index is 2180. The lowest BCUT2D eigenvalue weighted by atomic mass is 9.68. The van der Waals surface area contributed by atoms with Gasteiger partial charge in [0, 0.05) is 55.2 Å². The molecule has 1 saturated carbocycles. The summed E-state index contributed by atoms with van der Waals surface area (Å²) in [5, 5.41) is 18.4. The number of rotatable bonds is 4. The van der Waals surface area contributed by atoms with Gasteiger partial charge in [-0.05, 0) is 61.4 Å². The Labute approximate surface area is 278 Å².